The third-order valence-corrected chi connectivity index (χ3v) is 5.12. The zero-order valence-corrected chi connectivity index (χ0v) is 12.6. The van der Waals surface area contributed by atoms with Crippen LogP contribution >= 0.6 is 11.6 Å². The molecule has 21 heavy (non-hydrogen) atoms. The molecule has 1 saturated heterocycles. The molecule has 4 nitrogen and oxygen atoms in total. The average Bonchev–Trinajstić information content (AvgIpc) is 3.19. The first-order valence-corrected chi connectivity index (χ1v) is 7.64. The van der Waals surface area contributed by atoms with Gasteiger partial charge in [0, 0.05) is 13.1 Å². The number of carboxylic acids is 1. The standard InChI is InChI=1S/C16H18ClNO3/c1-9-3-2-4-11(14(9)17)15(19)18-7-12(10-5-6-10)13(8-18)16(20)21/h2-4,10,12-13H,5-8H2,1H3,(H,20,21)/t12-,13+/m1/s1. The third-order valence-electron chi connectivity index (χ3n) is 4.62. The van der Waals surface area contributed by atoms with Crippen molar-refractivity contribution in [1.82, 2.24) is 4.90 Å². The summed E-state index contributed by atoms with van der Waals surface area (Å²) in [4.78, 5) is 25.7. The lowest BCUT2D eigenvalue weighted by Gasteiger charge is -2.17. The van der Waals surface area contributed by atoms with Crippen molar-refractivity contribution in [2.24, 2.45) is 17.8 Å². The zero-order chi connectivity index (χ0) is 15.1. The molecule has 112 valence electrons. The summed E-state index contributed by atoms with van der Waals surface area (Å²) >= 11 is 6.21. The number of hydrogen-bond acceptors (Lipinski definition) is 2. The summed E-state index contributed by atoms with van der Waals surface area (Å²) in [6.45, 7) is 2.68. The molecule has 0 spiro atoms. The number of aliphatic carboxylic acids is 1. The third kappa shape index (κ3) is 2.64. The van der Waals surface area contributed by atoms with Crippen LogP contribution in [0.2, 0.25) is 5.02 Å². The second kappa shape index (κ2) is 5.34. The Bertz CT molecular complexity index is 597. The highest BCUT2D eigenvalue weighted by molar-refractivity contribution is 6.34. The van der Waals surface area contributed by atoms with E-state index < -0.39 is 11.9 Å². The van der Waals surface area contributed by atoms with Crippen LogP contribution in [0.3, 0.4) is 0 Å². The highest BCUT2D eigenvalue weighted by Gasteiger charge is 2.47. The van der Waals surface area contributed by atoms with Gasteiger partial charge >= 0.3 is 5.97 Å². The van der Waals surface area contributed by atoms with Gasteiger partial charge in [0.15, 0.2) is 0 Å². The van der Waals surface area contributed by atoms with Crippen LogP contribution in [0, 0.1) is 24.7 Å². The Labute approximate surface area is 128 Å². The monoisotopic (exact) mass is 307 g/mol. The van der Waals surface area contributed by atoms with Crippen molar-refractivity contribution >= 4 is 23.5 Å². The molecule has 1 aromatic carbocycles. The molecule has 1 amide bonds. The second-order valence-electron chi connectivity index (χ2n) is 6.09. The van der Waals surface area contributed by atoms with E-state index in [9.17, 15) is 14.7 Å². The van der Waals surface area contributed by atoms with Crippen LogP contribution in [-0.4, -0.2) is 35.0 Å². The molecular weight excluding hydrogens is 290 g/mol. The quantitative estimate of drug-likeness (QED) is 0.934. The van der Waals surface area contributed by atoms with Crippen LogP contribution in [0.15, 0.2) is 18.2 Å². The number of benzene rings is 1. The largest absolute Gasteiger partial charge is 0.481 e. The predicted octanol–water partition coefficient (Wildman–Crippen LogP) is 2.83. The van der Waals surface area contributed by atoms with Crippen LogP contribution < -0.4 is 0 Å². The predicted molar refractivity (Wildman–Crippen MR) is 79.4 cm³/mol. The van der Waals surface area contributed by atoms with Crippen LogP contribution in [0.1, 0.15) is 28.8 Å². The molecule has 0 aromatic heterocycles. The van der Waals surface area contributed by atoms with Gasteiger partial charge in [-0.2, -0.15) is 0 Å². The first-order valence-electron chi connectivity index (χ1n) is 7.26. The summed E-state index contributed by atoms with van der Waals surface area (Å²) in [7, 11) is 0. The number of likely N-dealkylation sites (tertiary alicyclic amines) is 1. The normalized spacial score (nSPS) is 25.1. The number of carbonyl (C=O) groups is 2. The Balaban J connectivity index is 1.82. The lowest BCUT2D eigenvalue weighted by molar-refractivity contribution is -0.142. The lowest BCUT2D eigenvalue weighted by Crippen LogP contribution is -2.30. The van der Waals surface area contributed by atoms with Gasteiger partial charge in [0.2, 0.25) is 0 Å². The number of rotatable bonds is 3. The Morgan fingerprint density at radius 3 is 2.62 bits per heavy atom. The number of hydrogen-bond donors (Lipinski definition) is 1. The number of aryl methyl sites for hydroxylation is 1. The van der Waals surface area contributed by atoms with Gasteiger partial charge < -0.3 is 10.0 Å². The first kappa shape index (κ1) is 14.4. The maximum atomic E-state index is 12.6. The molecule has 2 aliphatic rings. The van der Waals surface area contributed by atoms with E-state index in [1.165, 1.54) is 0 Å². The van der Waals surface area contributed by atoms with Crippen LogP contribution in [-0.2, 0) is 4.79 Å². The molecule has 1 heterocycles. The van der Waals surface area contributed by atoms with E-state index >= 15 is 0 Å². The molecule has 1 aromatic rings. The minimum absolute atomic E-state index is 0.0926. The minimum Gasteiger partial charge on any atom is -0.481 e. The van der Waals surface area contributed by atoms with Gasteiger partial charge in [0.05, 0.1) is 16.5 Å². The van der Waals surface area contributed by atoms with E-state index in [-0.39, 0.29) is 11.8 Å². The molecule has 5 heteroatoms. The van der Waals surface area contributed by atoms with Crippen molar-refractivity contribution < 1.29 is 14.7 Å². The Morgan fingerprint density at radius 1 is 1.29 bits per heavy atom. The summed E-state index contributed by atoms with van der Waals surface area (Å²) in [6, 6.07) is 5.37. The van der Waals surface area contributed by atoms with Gasteiger partial charge in [-0.3, -0.25) is 9.59 Å². The summed E-state index contributed by atoms with van der Waals surface area (Å²) in [5.41, 5.74) is 1.33. The Hall–Kier alpha value is -1.55. The number of carbonyl (C=O) groups excluding carboxylic acids is 1. The SMILES string of the molecule is Cc1cccc(C(=O)N2C[C@H](C(=O)O)[C@@H](C3CC3)C2)c1Cl. The molecule has 0 unspecified atom stereocenters. The smallest absolute Gasteiger partial charge is 0.308 e. The fourth-order valence-electron chi connectivity index (χ4n) is 3.24. The molecule has 2 fully saturated rings. The van der Waals surface area contributed by atoms with Gasteiger partial charge in [0.1, 0.15) is 0 Å². The minimum atomic E-state index is -0.794. The zero-order valence-electron chi connectivity index (χ0n) is 11.9. The van der Waals surface area contributed by atoms with Gasteiger partial charge in [-0.05, 0) is 43.2 Å². The highest BCUT2D eigenvalue weighted by atomic mass is 35.5. The molecule has 3 rings (SSSR count). The summed E-state index contributed by atoms with van der Waals surface area (Å²) in [5.74, 6) is -0.826. The van der Waals surface area contributed by atoms with Gasteiger partial charge in [-0.15, -0.1) is 0 Å². The first-order chi connectivity index (χ1) is 9.99. The molecule has 2 atom stereocenters. The topological polar surface area (TPSA) is 57.6 Å². The van der Waals surface area contributed by atoms with Crippen molar-refractivity contribution in [1.29, 1.82) is 0 Å². The average molecular weight is 308 g/mol. The molecule has 1 aliphatic heterocycles. The van der Waals surface area contributed by atoms with E-state index in [1.54, 1.807) is 17.0 Å². The number of halogens is 1. The molecule has 1 N–H and O–H groups in total. The fraction of sp³-hybridized carbons (Fsp3) is 0.500. The van der Waals surface area contributed by atoms with Crippen LogP contribution in [0.4, 0.5) is 0 Å². The van der Waals surface area contributed by atoms with E-state index in [0.717, 1.165) is 18.4 Å². The van der Waals surface area contributed by atoms with Crippen LogP contribution in [0.25, 0.3) is 0 Å². The molecule has 0 bridgehead atoms. The second-order valence-corrected chi connectivity index (χ2v) is 6.47. The van der Waals surface area contributed by atoms with Crippen molar-refractivity contribution in [3.05, 3.63) is 34.3 Å². The van der Waals surface area contributed by atoms with Gasteiger partial charge in [-0.25, -0.2) is 0 Å². The van der Waals surface area contributed by atoms with Crippen molar-refractivity contribution in [2.75, 3.05) is 13.1 Å². The van der Waals surface area contributed by atoms with E-state index in [0.29, 0.717) is 29.6 Å². The maximum Gasteiger partial charge on any atom is 0.308 e. The number of nitrogens with zero attached hydrogens (tertiary/aromatic N) is 1. The number of amides is 1. The molecule has 0 radical (unpaired) electrons. The van der Waals surface area contributed by atoms with E-state index in [1.807, 2.05) is 13.0 Å². The molecule has 1 aliphatic carbocycles. The number of carboxylic acid groups (broad SMARTS) is 1. The van der Waals surface area contributed by atoms with E-state index in [2.05, 4.69) is 0 Å². The van der Waals surface area contributed by atoms with Crippen molar-refractivity contribution in [3.8, 4) is 0 Å². The lowest BCUT2D eigenvalue weighted by atomic mass is 9.92. The summed E-state index contributed by atoms with van der Waals surface area (Å²) < 4.78 is 0. The van der Waals surface area contributed by atoms with Crippen molar-refractivity contribution in [3.63, 3.8) is 0 Å². The fourth-order valence-corrected chi connectivity index (χ4v) is 3.45. The van der Waals surface area contributed by atoms with E-state index in [4.69, 9.17) is 11.6 Å². The molecule has 1 saturated carbocycles. The van der Waals surface area contributed by atoms with Crippen LogP contribution in [0.5, 0.6) is 0 Å². The Kier molecular flexibility index (Phi) is 3.66. The Morgan fingerprint density at radius 2 is 2.00 bits per heavy atom. The summed E-state index contributed by atoms with van der Waals surface area (Å²) in [5, 5.41) is 9.83. The van der Waals surface area contributed by atoms with Gasteiger partial charge in [-0.1, -0.05) is 23.7 Å². The highest BCUT2D eigenvalue weighted by Crippen LogP contribution is 2.44. The molecular formula is C16H18ClNO3. The van der Waals surface area contributed by atoms with Crippen molar-refractivity contribution in [2.45, 2.75) is 19.8 Å². The van der Waals surface area contributed by atoms with Gasteiger partial charge in [0.25, 0.3) is 5.91 Å². The summed E-state index contributed by atoms with van der Waals surface area (Å²) in [6.07, 6.45) is 2.17. The maximum absolute atomic E-state index is 12.6.